The third-order valence-corrected chi connectivity index (χ3v) is 3.46. The van der Waals surface area contributed by atoms with Crippen molar-refractivity contribution in [2.24, 2.45) is 0 Å². The summed E-state index contributed by atoms with van der Waals surface area (Å²) in [6.45, 7) is 2.49. The predicted molar refractivity (Wildman–Crippen MR) is 80.6 cm³/mol. The van der Waals surface area contributed by atoms with Crippen molar-refractivity contribution in [2.75, 3.05) is 7.11 Å². The lowest BCUT2D eigenvalue weighted by atomic mass is 10.1. The van der Waals surface area contributed by atoms with Gasteiger partial charge in [0.25, 0.3) is 0 Å². The lowest BCUT2D eigenvalue weighted by Gasteiger charge is -2.10. The number of aryl methyl sites for hydroxylation is 1. The quantitative estimate of drug-likeness (QED) is 0.742. The number of esters is 1. The number of hydrogen-bond acceptors (Lipinski definition) is 5. The van der Waals surface area contributed by atoms with Crippen LogP contribution >= 0.6 is 0 Å². The average Bonchev–Trinajstić information content (AvgIpc) is 3.08. The van der Waals surface area contributed by atoms with Gasteiger partial charge in [0.05, 0.1) is 24.4 Å². The lowest BCUT2D eigenvalue weighted by Crippen LogP contribution is -2.20. The molecule has 1 N–H and O–H groups in total. The zero-order valence-electron chi connectivity index (χ0n) is 12.2. The maximum Gasteiger partial charge on any atom is 0.343 e. The molecule has 0 aliphatic rings. The largest absolute Gasteiger partial charge is 0.465 e. The van der Waals surface area contributed by atoms with Gasteiger partial charge in [-0.25, -0.2) is 9.78 Å². The molecule has 0 bridgehead atoms. The summed E-state index contributed by atoms with van der Waals surface area (Å²) in [6, 6.07) is 3.40. The number of H-pyrrole nitrogens is 1. The Balaban J connectivity index is 2.30. The number of rotatable bonds is 3. The highest BCUT2D eigenvalue weighted by atomic mass is 16.5. The van der Waals surface area contributed by atoms with Crippen molar-refractivity contribution in [1.29, 1.82) is 0 Å². The van der Waals surface area contributed by atoms with Gasteiger partial charge in [-0.1, -0.05) is 0 Å². The number of nitrogens with zero attached hydrogens (tertiary/aromatic N) is 3. The molecule has 3 heterocycles. The monoisotopic (exact) mass is 298 g/mol. The molecule has 0 aliphatic carbocycles. The third kappa shape index (κ3) is 2.16. The molecule has 7 heteroatoms. The van der Waals surface area contributed by atoms with E-state index in [0.29, 0.717) is 23.3 Å². The Kier molecular flexibility index (Phi) is 3.46. The van der Waals surface area contributed by atoms with Crippen molar-refractivity contribution in [3.05, 3.63) is 46.5 Å². The molecular formula is C15H14N4O3. The normalized spacial score (nSPS) is 10.8. The third-order valence-electron chi connectivity index (χ3n) is 3.46. The fourth-order valence-corrected chi connectivity index (χ4v) is 2.31. The van der Waals surface area contributed by atoms with E-state index in [1.165, 1.54) is 13.3 Å². The second kappa shape index (κ2) is 5.44. The molecule has 3 rings (SSSR count). The van der Waals surface area contributed by atoms with Crippen LogP contribution in [-0.2, 0) is 11.3 Å². The molecule has 0 unspecified atom stereocenters. The average molecular weight is 298 g/mol. The van der Waals surface area contributed by atoms with Crippen LogP contribution in [0.15, 0.2) is 35.5 Å². The Bertz CT molecular complexity index is 897. The van der Waals surface area contributed by atoms with Gasteiger partial charge >= 0.3 is 5.97 Å². The number of methoxy groups -OCH3 is 1. The first-order valence-electron chi connectivity index (χ1n) is 6.77. The zero-order chi connectivity index (χ0) is 15.7. The Morgan fingerprint density at radius 1 is 1.41 bits per heavy atom. The van der Waals surface area contributed by atoms with E-state index in [4.69, 9.17) is 0 Å². The van der Waals surface area contributed by atoms with E-state index in [-0.39, 0.29) is 11.0 Å². The van der Waals surface area contributed by atoms with Crippen LogP contribution in [-0.4, -0.2) is 32.8 Å². The number of pyridine rings is 2. The summed E-state index contributed by atoms with van der Waals surface area (Å²) in [5.41, 5.74) is 1.69. The number of nitrogens with one attached hydrogen (secondary N) is 1. The van der Waals surface area contributed by atoms with Crippen LogP contribution in [0.1, 0.15) is 17.3 Å². The van der Waals surface area contributed by atoms with Crippen LogP contribution < -0.4 is 5.43 Å². The van der Waals surface area contributed by atoms with Gasteiger partial charge in [-0.05, 0) is 19.1 Å². The predicted octanol–water partition coefficient (Wildman–Crippen LogP) is 1.59. The van der Waals surface area contributed by atoms with Gasteiger partial charge in [0.1, 0.15) is 11.2 Å². The number of fused-ring (bicyclic) bond motifs is 1. The summed E-state index contributed by atoms with van der Waals surface area (Å²) >= 11 is 0. The minimum atomic E-state index is -0.645. The number of ether oxygens (including phenoxy) is 1. The summed E-state index contributed by atoms with van der Waals surface area (Å²) in [4.78, 5) is 28.7. The molecule has 0 saturated carbocycles. The van der Waals surface area contributed by atoms with Crippen LogP contribution in [0.5, 0.6) is 0 Å². The Labute approximate surface area is 125 Å². The first-order valence-corrected chi connectivity index (χ1v) is 6.77. The molecule has 0 aliphatic heterocycles. The molecule has 3 aromatic heterocycles. The fraction of sp³-hybridized carbons (Fsp3) is 0.200. The maximum atomic E-state index is 12.4. The second-order valence-corrected chi connectivity index (χ2v) is 4.70. The van der Waals surface area contributed by atoms with Gasteiger partial charge in [0.15, 0.2) is 0 Å². The standard InChI is InChI=1S/C15H14N4O3/c1-3-19-8-11(15(21)22-2)13(20)10-4-5-12(18-14(10)19)9-6-16-17-7-9/h4-8H,3H2,1-2H3,(H,16,17). The van der Waals surface area contributed by atoms with E-state index < -0.39 is 5.97 Å². The molecule has 0 aromatic carbocycles. The first-order chi connectivity index (χ1) is 10.7. The summed E-state index contributed by atoms with van der Waals surface area (Å²) in [7, 11) is 1.25. The van der Waals surface area contributed by atoms with Gasteiger partial charge in [0.2, 0.25) is 5.43 Å². The van der Waals surface area contributed by atoms with Gasteiger partial charge < -0.3 is 9.30 Å². The van der Waals surface area contributed by atoms with E-state index in [9.17, 15) is 9.59 Å². The van der Waals surface area contributed by atoms with Gasteiger partial charge in [-0.15, -0.1) is 0 Å². The molecule has 112 valence electrons. The smallest absolute Gasteiger partial charge is 0.343 e. The van der Waals surface area contributed by atoms with Crippen molar-refractivity contribution in [1.82, 2.24) is 19.7 Å². The molecule has 0 saturated heterocycles. The summed E-state index contributed by atoms with van der Waals surface area (Å²) in [6.07, 6.45) is 4.87. The van der Waals surface area contributed by atoms with Crippen molar-refractivity contribution in [2.45, 2.75) is 13.5 Å². The lowest BCUT2D eigenvalue weighted by molar-refractivity contribution is 0.0598. The van der Waals surface area contributed by atoms with Crippen molar-refractivity contribution in [3.63, 3.8) is 0 Å². The number of hydrogen-bond donors (Lipinski definition) is 1. The second-order valence-electron chi connectivity index (χ2n) is 4.70. The summed E-state index contributed by atoms with van der Waals surface area (Å²) in [5, 5.41) is 7.01. The van der Waals surface area contributed by atoms with E-state index in [0.717, 1.165) is 5.56 Å². The Morgan fingerprint density at radius 2 is 2.23 bits per heavy atom. The topological polar surface area (TPSA) is 89.9 Å². The highest BCUT2D eigenvalue weighted by Crippen LogP contribution is 2.19. The van der Waals surface area contributed by atoms with Gasteiger partial charge in [0, 0.05) is 24.5 Å². The van der Waals surface area contributed by atoms with E-state index >= 15 is 0 Å². The summed E-state index contributed by atoms with van der Waals surface area (Å²) in [5.74, 6) is -0.645. The highest BCUT2D eigenvalue weighted by Gasteiger charge is 2.16. The molecule has 0 atom stereocenters. The highest BCUT2D eigenvalue weighted by molar-refractivity contribution is 5.93. The molecule has 7 nitrogen and oxygen atoms in total. The van der Waals surface area contributed by atoms with Crippen LogP contribution in [0.25, 0.3) is 22.3 Å². The molecule has 0 amide bonds. The molecule has 22 heavy (non-hydrogen) atoms. The van der Waals surface area contributed by atoms with Crippen molar-refractivity contribution >= 4 is 17.0 Å². The van der Waals surface area contributed by atoms with Crippen LogP contribution in [0.4, 0.5) is 0 Å². The van der Waals surface area contributed by atoms with E-state index in [2.05, 4.69) is 19.9 Å². The van der Waals surface area contributed by atoms with Gasteiger partial charge in [-0.2, -0.15) is 5.10 Å². The minimum Gasteiger partial charge on any atom is -0.465 e. The number of carbonyl (C=O) groups is 1. The van der Waals surface area contributed by atoms with Crippen molar-refractivity contribution in [3.8, 4) is 11.3 Å². The minimum absolute atomic E-state index is 0.00899. The van der Waals surface area contributed by atoms with Crippen LogP contribution in [0.3, 0.4) is 0 Å². The zero-order valence-corrected chi connectivity index (χ0v) is 12.2. The molecule has 0 fully saturated rings. The maximum absolute atomic E-state index is 12.4. The number of carbonyl (C=O) groups excluding carboxylic acids is 1. The van der Waals surface area contributed by atoms with E-state index in [1.54, 1.807) is 29.1 Å². The fourth-order valence-electron chi connectivity index (χ4n) is 2.31. The Morgan fingerprint density at radius 3 is 2.86 bits per heavy atom. The molecule has 0 spiro atoms. The molecule has 3 aromatic rings. The number of aromatic amines is 1. The Hall–Kier alpha value is -2.96. The van der Waals surface area contributed by atoms with Crippen LogP contribution in [0, 0.1) is 0 Å². The molecule has 0 radical (unpaired) electrons. The first kappa shape index (κ1) is 14.0. The number of aromatic nitrogens is 4. The van der Waals surface area contributed by atoms with Gasteiger partial charge in [-0.3, -0.25) is 9.89 Å². The van der Waals surface area contributed by atoms with E-state index in [1.807, 2.05) is 6.92 Å². The van der Waals surface area contributed by atoms with Crippen molar-refractivity contribution < 1.29 is 9.53 Å². The SMILES string of the molecule is CCn1cc(C(=O)OC)c(=O)c2ccc(-c3cn[nH]c3)nc21. The van der Waals surface area contributed by atoms with Crippen LogP contribution in [0.2, 0.25) is 0 Å². The molecular weight excluding hydrogens is 284 g/mol. The summed E-state index contributed by atoms with van der Waals surface area (Å²) < 4.78 is 6.42.